The first-order chi connectivity index (χ1) is 10.7. The molecule has 22 heavy (non-hydrogen) atoms. The van der Waals surface area contributed by atoms with Crippen molar-refractivity contribution in [3.8, 4) is 0 Å². The Morgan fingerprint density at radius 3 is 2.64 bits per heavy atom. The highest BCUT2D eigenvalue weighted by molar-refractivity contribution is 7.18. The van der Waals surface area contributed by atoms with E-state index in [1.54, 1.807) is 11.3 Å². The SMILES string of the molecule is Cc1sc2nc(CN3CCCCC3)nc(NC3CC3)c2c1C. The number of thiophene rings is 1. The van der Waals surface area contributed by atoms with Gasteiger partial charge in [0.05, 0.1) is 11.9 Å². The second-order valence-corrected chi connectivity index (χ2v) is 7.91. The molecular formula is C17H24N4S. The molecule has 118 valence electrons. The number of anilines is 1. The van der Waals surface area contributed by atoms with Gasteiger partial charge in [0.2, 0.25) is 0 Å². The van der Waals surface area contributed by atoms with Crippen LogP contribution in [0.1, 0.15) is 48.4 Å². The van der Waals surface area contributed by atoms with Crippen LogP contribution in [0.2, 0.25) is 0 Å². The van der Waals surface area contributed by atoms with Crippen molar-refractivity contribution in [2.45, 2.75) is 58.5 Å². The molecule has 1 N–H and O–H groups in total. The van der Waals surface area contributed by atoms with E-state index in [1.807, 2.05) is 0 Å². The highest BCUT2D eigenvalue weighted by Gasteiger charge is 2.24. The maximum absolute atomic E-state index is 4.89. The normalized spacial score (nSPS) is 19.7. The third kappa shape index (κ3) is 2.84. The number of fused-ring (bicyclic) bond motifs is 1. The molecule has 1 saturated heterocycles. The maximum atomic E-state index is 4.89. The van der Waals surface area contributed by atoms with Crippen molar-refractivity contribution in [3.63, 3.8) is 0 Å². The zero-order valence-corrected chi connectivity index (χ0v) is 14.3. The van der Waals surface area contributed by atoms with Crippen molar-refractivity contribution in [1.82, 2.24) is 14.9 Å². The molecule has 0 aromatic carbocycles. The number of hydrogen-bond donors (Lipinski definition) is 1. The average molecular weight is 316 g/mol. The van der Waals surface area contributed by atoms with Crippen LogP contribution >= 0.6 is 11.3 Å². The summed E-state index contributed by atoms with van der Waals surface area (Å²) in [5.41, 5.74) is 1.34. The molecule has 1 aliphatic carbocycles. The van der Waals surface area contributed by atoms with Gasteiger partial charge in [-0.15, -0.1) is 11.3 Å². The fourth-order valence-electron chi connectivity index (χ4n) is 3.21. The monoisotopic (exact) mass is 316 g/mol. The summed E-state index contributed by atoms with van der Waals surface area (Å²) in [6.45, 7) is 7.66. The minimum Gasteiger partial charge on any atom is -0.367 e. The molecule has 0 atom stereocenters. The van der Waals surface area contributed by atoms with Gasteiger partial charge in [-0.1, -0.05) is 6.42 Å². The number of likely N-dealkylation sites (tertiary alicyclic amines) is 1. The molecule has 1 aliphatic heterocycles. The van der Waals surface area contributed by atoms with Gasteiger partial charge in [0, 0.05) is 10.9 Å². The minimum absolute atomic E-state index is 0.626. The Kier molecular flexibility index (Phi) is 3.78. The van der Waals surface area contributed by atoms with Crippen molar-refractivity contribution in [2.24, 2.45) is 0 Å². The molecule has 0 radical (unpaired) electrons. The van der Waals surface area contributed by atoms with E-state index in [9.17, 15) is 0 Å². The number of piperidine rings is 1. The highest BCUT2D eigenvalue weighted by Crippen LogP contribution is 2.35. The minimum atomic E-state index is 0.626. The number of nitrogens with zero attached hydrogens (tertiary/aromatic N) is 3. The van der Waals surface area contributed by atoms with E-state index in [1.165, 1.54) is 61.0 Å². The topological polar surface area (TPSA) is 41.1 Å². The Labute approximate surface area is 136 Å². The summed E-state index contributed by atoms with van der Waals surface area (Å²) in [4.78, 5) is 14.8. The van der Waals surface area contributed by atoms with Gasteiger partial charge in [-0.05, 0) is 58.2 Å². The van der Waals surface area contributed by atoms with Crippen LogP contribution in [0.25, 0.3) is 10.2 Å². The summed E-state index contributed by atoms with van der Waals surface area (Å²) in [6, 6.07) is 0.626. The van der Waals surface area contributed by atoms with Gasteiger partial charge >= 0.3 is 0 Å². The summed E-state index contributed by atoms with van der Waals surface area (Å²) in [5.74, 6) is 2.06. The van der Waals surface area contributed by atoms with Crippen LogP contribution in [0.15, 0.2) is 0 Å². The standard InChI is InChI=1S/C17H24N4S/c1-11-12(2)22-17-15(11)16(18-13-6-7-13)19-14(20-17)10-21-8-4-3-5-9-21/h13H,3-10H2,1-2H3,(H,18,19,20). The Hall–Kier alpha value is -1.20. The van der Waals surface area contributed by atoms with Gasteiger partial charge in [-0.2, -0.15) is 0 Å². The van der Waals surface area contributed by atoms with Gasteiger partial charge in [0.25, 0.3) is 0 Å². The van der Waals surface area contributed by atoms with Gasteiger partial charge < -0.3 is 5.32 Å². The maximum Gasteiger partial charge on any atom is 0.146 e. The third-order valence-corrected chi connectivity index (χ3v) is 5.91. The summed E-state index contributed by atoms with van der Waals surface area (Å²) >= 11 is 1.81. The molecule has 2 aromatic rings. The predicted molar refractivity (Wildman–Crippen MR) is 92.7 cm³/mol. The van der Waals surface area contributed by atoms with Crippen LogP contribution in [0, 0.1) is 13.8 Å². The lowest BCUT2D eigenvalue weighted by Crippen LogP contribution is -2.30. The van der Waals surface area contributed by atoms with Gasteiger partial charge in [0.1, 0.15) is 16.5 Å². The number of aromatic nitrogens is 2. The molecule has 0 amide bonds. The first-order valence-electron chi connectivity index (χ1n) is 8.46. The third-order valence-electron chi connectivity index (χ3n) is 4.81. The summed E-state index contributed by atoms with van der Waals surface area (Å²) in [6.07, 6.45) is 6.54. The number of nitrogens with one attached hydrogen (secondary N) is 1. The summed E-state index contributed by atoms with van der Waals surface area (Å²) in [7, 11) is 0. The molecule has 0 unspecified atom stereocenters. The molecule has 1 saturated carbocycles. The number of rotatable bonds is 4. The quantitative estimate of drug-likeness (QED) is 0.929. The van der Waals surface area contributed by atoms with Gasteiger partial charge in [0.15, 0.2) is 0 Å². The van der Waals surface area contributed by atoms with Crippen LogP contribution in [-0.2, 0) is 6.54 Å². The fraction of sp³-hybridized carbons (Fsp3) is 0.647. The number of hydrogen-bond acceptors (Lipinski definition) is 5. The van der Waals surface area contributed by atoms with E-state index in [4.69, 9.17) is 9.97 Å². The molecule has 2 aromatic heterocycles. The van der Waals surface area contributed by atoms with Crippen LogP contribution in [0.4, 0.5) is 5.82 Å². The fourth-order valence-corrected chi connectivity index (χ4v) is 4.26. The molecule has 4 rings (SSSR count). The van der Waals surface area contributed by atoms with E-state index in [0.29, 0.717) is 6.04 Å². The zero-order valence-electron chi connectivity index (χ0n) is 13.5. The van der Waals surface area contributed by atoms with E-state index < -0.39 is 0 Å². The van der Waals surface area contributed by atoms with E-state index >= 15 is 0 Å². The zero-order chi connectivity index (χ0) is 15.1. The first kappa shape index (κ1) is 14.4. The Morgan fingerprint density at radius 1 is 1.14 bits per heavy atom. The van der Waals surface area contributed by atoms with E-state index in [0.717, 1.165) is 23.0 Å². The largest absolute Gasteiger partial charge is 0.367 e. The Balaban J connectivity index is 1.68. The first-order valence-corrected chi connectivity index (χ1v) is 9.28. The predicted octanol–water partition coefficient (Wildman–Crippen LogP) is 3.87. The lowest BCUT2D eigenvalue weighted by molar-refractivity contribution is 0.216. The second kappa shape index (κ2) is 5.78. The Morgan fingerprint density at radius 2 is 1.91 bits per heavy atom. The lowest BCUT2D eigenvalue weighted by atomic mass is 10.1. The van der Waals surface area contributed by atoms with Crippen molar-refractivity contribution in [3.05, 3.63) is 16.3 Å². The molecule has 5 heteroatoms. The Bertz CT molecular complexity index is 684. The van der Waals surface area contributed by atoms with Crippen molar-refractivity contribution < 1.29 is 0 Å². The number of aryl methyl sites for hydroxylation is 2. The summed E-state index contributed by atoms with van der Waals surface area (Å²) < 4.78 is 0. The van der Waals surface area contributed by atoms with E-state index in [-0.39, 0.29) is 0 Å². The van der Waals surface area contributed by atoms with Crippen molar-refractivity contribution in [2.75, 3.05) is 18.4 Å². The van der Waals surface area contributed by atoms with Crippen LogP contribution in [-0.4, -0.2) is 34.0 Å². The molecule has 2 aliphatic rings. The van der Waals surface area contributed by atoms with Gasteiger partial charge in [-0.3, -0.25) is 4.90 Å². The molecule has 0 bridgehead atoms. The second-order valence-electron chi connectivity index (χ2n) is 6.71. The van der Waals surface area contributed by atoms with Crippen molar-refractivity contribution in [1.29, 1.82) is 0 Å². The van der Waals surface area contributed by atoms with Gasteiger partial charge in [-0.25, -0.2) is 9.97 Å². The molecule has 0 spiro atoms. The molecule has 3 heterocycles. The summed E-state index contributed by atoms with van der Waals surface area (Å²) in [5, 5.41) is 4.87. The highest BCUT2D eigenvalue weighted by atomic mass is 32.1. The van der Waals surface area contributed by atoms with Crippen LogP contribution in [0.3, 0.4) is 0 Å². The van der Waals surface area contributed by atoms with Crippen molar-refractivity contribution >= 4 is 27.4 Å². The molecular weight excluding hydrogens is 292 g/mol. The molecule has 4 nitrogen and oxygen atoms in total. The van der Waals surface area contributed by atoms with Crippen LogP contribution < -0.4 is 5.32 Å². The van der Waals surface area contributed by atoms with E-state index in [2.05, 4.69) is 24.1 Å². The van der Waals surface area contributed by atoms with Crippen LogP contribution in [0.5, 0.6) is 0 Å². The lowest BCUT2D eigenvalue weighted by Gasteiger charge is -2.25. The smallest absolute Gasteiger partial charge is 0.146 e. The average Bonchev–Trinajstić information content (AvgIpc) is 3.26. The molecule has 2 fully saturated rings.